The second kappa shape index (κ2) is 4.57. The van der Waals surface area contributed by atoms with Gasteiger partial charge in [-0.05, 0) is 35.0 Å². The maximum Gasteiger partial charge on any atom is 0.422 e. The van der Waals surface area contributed by atoms with Gasteiger partial charge in [0.2, 0.25) is 0 Å². The number of rotatable bonds is 2. The SMILES string of the molecule is N#Cc1ccc2cc(OCC(F)(F)F)ccc2c1. The van der Waals surface area contributed by atoms with Gasteiger partial charge >= 0.3 is 6.18 Å². The number of alkyl halides is 3. The molecular formula is C13H8F3NO. The molecule has 2 nitrogen and oxygen atoms in total. The molecule has 2 aromatic rings. The molecule has 5 heteroatoms. The molecule has 0 saturated heterocycles. The third-order valence-corrected chi connectivity index (χ3v) is 2.34. The molecule has 0 atom stereocenters. The molecule has 2 aromatic carbocycles. The first-order valence-electron chi connectivity index (χ1n) is 5.11. The van der Waals surface area contributed by atoms with E-state index < -0.39 is 12.8 Å². The Morgan fingerprint density at radius 2 is 1.72 bits per heavy atom. The third-order valence-electron chi connectivity index (χ3n) is 2.34. The van der Waals surface area contributed by atoms with Gasteiger partial charge in [0.15, 0.2) is 6.61 Å². The monoisotopic (exact) mass is 251 g/mol. The molecule has 0 aliphatic heterocycles. The van der Waals surface area contributed by atoms with Crippen LogP contribution in [0.3, 0.4) is 0 Å². The van der Waals surface area contributed by atoms with Crippen molar-refractivity contribution < 1.29 is 17.9 Å². The Morgan fingerprint density at radius 1 is 1.06 bits per heavy atom. The number of hydrogen-bond donors (Lipinski definition) is 0. The molecule has 0 amide bonds. The first kappa shape index (κ1) is 12.2. The molecule has 0 radical (unpaired) electrons. The first-order chi connectivity index (χ1) is 8.48. The van der Waals surface area contributed by atoms with Crippen LogP contribution >= 0.6 is 0 Å². The molecule has 0 saturated carbocycles. The Bertz CT molecular complexity index is 614. The molecule has 0 bridgehead atoms. The molecule has 0 N–H and O–H groups in total. The zero-order chi connectivity index (χ0) is 13.2. The van der Waals surface area contributed by atoms with Crippen LogP contribution < -0.4 is 4.74 Å². The lowest BCUT2D eigenvalue weighted by Crippen LogP contribution is -2.19. The Morgan fingerprint density at radius 3 is 2.39 bits per heavy atom. The summed E-state index contributed by atoms with van der Waals surface area (Å²) >= 11 is 0. The van der Waals surface area contributed by atoms with E-state index in [0.717, 1.165) is 10.8 Å². The summed E-state index contributed by atoms with van der Waals surface area (Å²) in [5, 5.41) is 10.2. The van der Waals surface area contributed by atoms with Crippen LogP contribution in [0.1, 0.15) is 5.56 Å². The number of nitriles is 1. The minimum Gasteiger partial charge on any atom is -0.484 e. The molecule has 18 heavy (non-hydrogen) atoms. The highest BCUT2D eigenvalue weighted by atomic mass is 19.4. The van der Waals surface area contributed by atoms with Gasteiger partial charge in [0.25, 0.3) is 0 Å². The van der Waals surface area contributed by atoms with Crippen LogP contribution in [0.2, 0.25) is 0 Å². The predicted octanol–water partition coefficient (Wildman–Crippen LogP) is 3.65. The zero-order valence-corrected chi connectivity index (χ0v) is 9.16. The van der Waals surface area contributed by atoms with Crippen molar-refractivity contribution in [3.05, 3.63) is 42.0 Å². The lowest BCUT2D eigenvalue weighted by Gasteiger charge is -2.09. The largest absolute Gasteiger partial charge is 0.484 e. The van der Waals surface area contributed by atoms with E-state index in [-0.39, 0.29) is 5.75 Å². The molecule has 0 aromatic heterocycles. The molecular weight excluding hydrogens is 243 g/mol. The number of fused-ring (bicyclic) bond motifs is 1. The van der Waals surface area contributed by atoms with Crippen LogP contribution in [0.5, 0.6) is 5.75 Å². The fourth-order valence-electron chi connectivity index (χ4n) is 1.55. The van der Waals surface area contributed by atoms with Gasteiger partial charge < -0.3 is 4.74 Å². The van der Waals surface area contributed by atoms with Crippen LogP contribution in [-0.4, -0.2) is 12.8 Å². The summed E-state index contributed by atoms with van der Waals surface area (Å²) in [4.78, 5) is 0. The Balaban J connectivity index is 2.26. The molecule has 0 heterocycles. The van der Waals surface area contributed by atoms with Crippen molar-refractivity contribution in [2.75, 3.05) is 6.61 Å². The van der Waals surface area contributed by atoms with Gasteiger partial charge in [0.1, 0.15) is 5.75 Å². The summed E-state index contributed by atoms with van der Waals surface area (Å²) in [6.07, 6.45) is -4.35. The van der Waals surface area contributed by atoms with Crippen molar-refractivity contribution >= 4 is 10.8 Å². The van der Waals surface area contributed by atoms with Gasteiger partial charge in [0.05, 0.1) is 11.6 Å². The van der Waals surface area contributed by atoms with Gasteiger partial charge in [-0.2, -0.15) is 18.4 Å². The van der Waals surface area contributed by atoms with E-state index in [1.807, 2.05) is 6.07 Å². The Hall–Kier alpha value is -2.22. The van der Waals surface area contributed by atoms with Crippen molar-refractivity contribution in [3.63, 3.8) is 0 Å². The lowest BCUT2D eigenvalue weighted by atomic mass is 10.1. The van der Waals surface area contributed by atoms with Crippen molar-refractivity contribution in [3.8, 4) is 11.8 Å². The number of benzene rings is 2. The van der Waals surface area contributed by atoms with E-state index in [1.54, 1.807) is 24.3 Å². The van der Waals surface area contributed by atoms with Gasteiger partial charge in [-0.25, -0.2) is 0 Å². The zero-order valence-electron chi connectivity index (χ0n) is 9.16. The van der Waals surface area contributed by atoms with E-state index >= 15 is 0 Å². The van der Waals surface area contributed by atoms with Crippen molar-refractivity contribution in [2.24, 2.45) is 0 Å². The van der Waals surface area contributed by atoms with Crippen LogP contribution in [0.4, 0.5) is 13.2 Å². The molecule has 0 aliphatic carbocycles. The van der Waals surface area contributed by atoms with Crippen LogP contribution in [0, 0.1) is 11.3 Å². The number of hydrogen-bond acceptors (Lipinski definition) is 2. The summed E-state index contributed by atoms with van der Waals surface area (Å²) in [6.45, 7) is -1.31. The maximum absolute atomic E-state index is 12.0. The lowest BCUT2D eigenvalue weighted by molar-refractivity contribution is -0.153. The van der Waals surface area contributed by atoms with E-state index in [1.165, 1.54) is 12.1 Å². The maximum atomic E-state index is 12.0. The number of ether oxygens (including phenoxy) is 1. The smallest absolute Gasteiger partial charge is 0.422 e. The van der Waals surface area contributed by atoms with Crippen molar-refractivity contribution in [2.45, 2.75) is 6.18 Å². The minimum atomic E-state index is -4.35. The van der Waals surface area contributed by atoms with Gasteiger partial charge in [-0.1, -0.05) is 12.1 Å². The summed E-state index contributed by atoms with van der Waals surface area (Å²) in [5.74, 6) is 0.157. The van der Waals surface area contributed by atoms with E-state index in [4.69, 9.17) is 5.26 Å². The molecule has 0 aliphatic rings. The summed E-state index contributed by atoms with van der Waals surface area (Å²) < 4.78 is 40.6. The molecule has 92 valence electrons. The third kappa shape index (κ3) is 2.92. The van der Waals surface area contributed by atoms with E-state index in [2.05, 4.69) is 4.74 Å². The summed E-state index contributed by atoms with van der Waals surface area (Å²) in [7, 11) is 0. The predicted molar refractivity (Wildman–Crippen MR) is 60.2 cm³/mol. The normalized spacial score (nSPS) is 11.2. The average Bonchev–Trinajstić information content (AvgIpc) is 2.34. The number of halogens is 3. The van der Waals surface area contributed by atoms with Crippen molar-refractivity contribution in [1.29, 1.82) is 5.26 Å². The Labute approximate surface area is 101 Å². The molecule has 2 rings (SSSR count). The number of nitrogens with zero attached hydrogens (tertiary/aromatic N) is 1. The van der Waals surface area contributed by atoms with Gasteiger partial charge in [-0.15, -0.1) is 0 Å². The minimum absolute atomic E-state index is 0.157. The highest BCUT2D eigenvalue weighted by Crippen LogP contribution is 2.24. The van der Waals surface area contributed by atoms with Crippen LogP contribution in [0.25, 0.3) is 10.8 Å². The fourth-order valence-corrected chi connectivity index (χ4v) is 1.55. The van der Waals surface area contributed by atoms with Crippen LogP contribution in [0.15, 0.2) is 36.4 Å². The molecule has 0 unspecified atom stereocenters. The Kier molecular flexibility index (Phi) is 3.11. The first-order valence-corrected chi connectivity index (χ1v) is 5.11. The van der Waals surface area contributed by atoms with Crippen LogP contribution in [-0.2, 0) is 0 Å². The topological polar surface area (TPSA) is 33.0 Å². The standard InChI is InChI=1S/C13H8F3NO/c14-13(15,16)8-18-12-4-3-10-5-9(7-17)1-2-11(10)6-12/h1-6H,8H2. The quantitative estimate of drug-likeness (QED) is 0.816. The van der Waals surface area contributed by atoms with Gasteiger partial charge in [-0.3, -0.25) is 0 Å². The van der Waals surface area contributed by atoms with Crippen molar-refractivity contribution in [1.82, 2.24) is 0 Å². The second-order valence-corrected chi connectivity index (χ2v) is 3.74. The molecule has 0 spiro atoms. The summed E-state index contributed by atoms with van der Waals surface area (Å²) in [5.41, 5.74) is 0.506. The van der Waals surface area contributed by atoms with E-state index in [0.29, 0.717) is 5.56 Å². The van der Waals surface area contributed by atoms with E-state index in [9.17, 15) is 13.2 Å². The average molecular weight is 251 g/mol. The molecule has 0 fully saturated rings. The highest BCUT2D eigenvalue weighted by Gasteiger charge is 2.28. The highest BCUT2D eigenvalue weighted by molar-refractivity contribution is 5.85. The van der Waals surface area contributed by atoms with Gasteiger partial charge in [0, 0.05) is 0 Å². The summed E-state index contributed by atoms with van der Waals surface area (Å²) in [6, 6.07) is 11.5. The fraction of sp³-hybridized carbons (Fsp3) is 0.154. The second-order valence-electron chi connectivity index (χ2n) is 3.74.